The van der Waals surface area contributed by atoms with Gasteiger partial charge in [0.2, 0.25) is 5.91 Å². The number of rotatable bonds is 2. The molecule has 6 nitrogen and oxygen atoms in total. The number of ether oxygens (including phenoxy) is 1. The Morgan fingerprint density at radius 1 is 0.920 bits per heavy atom. The average molecular weight is 347 g/mol. The minimum absolute atomic E-state index is 0.0566. The van der Waals surface area contributed by atoms with Gasteiger partial charge in [-0.25, -0.2) is 4.79 Å². The zero-order valence-electron chi connectivity index (χ0n) is 15.8. The van der Waals surface area contributed by atoms with Crippen molar-refractivity contribution >= 4 is 17.7 Å². The first-order valence-corrected chi connectivity index (χ1v) is 8.64. The molecule has 0 atom stereocenters. The van der Waals surface area contributed by atoms with Gasteiger partial charge in [0.05, 0.1) is 5.41 Å². The molecule has 1 aliphatic rings. The van der Waals surface area contributed by atoms with Crippen LogP contribution < -0.4 is 5.73 Å². The predicted octanol–water partition coefficient (Wildman–Crippen LogP) is 2.63. The van der Waals surface area contributed by atoms with E-state index in [0.717, 1.165) is 5.56 Å². The number of amides is 2. The normalized spacial score (nSPS) is 15.9. The molecule has 25 heavy (non-hydrogen) atoms. The summed E-state index contributed by atoms with van der Waals surface area (Å²) in [5.74, 6) is 0.0566. The van der Waals surface area contributed by atoms with Crippen molar-refractivity contribution in [1.29, 1.82) is 0 Å². The summed E-state index contributed by atoms with van der Waals surface area (Å²) in [7, 11) is 0. The molecule has 1 fully saturated rings. The average Bonchev–Trinajstić information content (AvgIpc) is 2.53. The van der Waals surface area contributed by atoms with Crippen LogP contribution in [0.1, 0.15) is 40.2 Å². The zero-order chi connectivity index (χ0) is 18.8. The highest BCUT2D eigenvalue weighted by atomic mass is 16.6. The molecule has 1 saturated heterocycles. The van der Waals surface area contributed by atoms with E-state index in [-0.39, 0.29) is 12.0 Å². The molecule has 0 saturated carbocycles. The lowest BCUT2D eigenvalue weighted by molar-refractivity contribution is -0.138. The molecular weight excluding hydrogens is 318 g/mol. The topological polar surface area (TPSA) is 75.9 Å². The van der Waals surface area contributed by atoms with Gasteiger partial charge in [-0.3, -0.25) is 4.79 Å². The Morgan fingerprint density at radius 3 is 1.88 bits per heavy atom. The minimum Gasteiger partial charge on any atom is -0.444 e. The molecule has 0 spiro atoms. The first-order valence-electron chi connectivity index (χ1n) is 8.64. The first-order chi connectivity index (χ1) is 11.5. The lowest BCUT2D eigenvalue weighted by Gasteiger charge is -2.39. The Bertz CT molecular complexity index is 624. The van der Waals surface area contributed by atoms with E-state index in [9.17, 15) is 9.59 Å². The van der Waals surface area contributed by atoms with Crippen molar-refractivity contribution in [3.63, 3.8) is 0 Å². The molecule has 0 unspecified atom stereocenters. The van der Waals surface area contributed by atoms with Crippen LogP contribution in [0.15, 0.2) is 24.3 Å². The van der Waals surface area contributed by atoms with E-state index in [1.54, 1.807) is 4.90 Å². The number of carbonyl (C=O) groups is 2. The third-order valence-corrected chi connectivity index (χ3v) is 4.39. The van der Waals surface area contributed by atoms with E-state index in [1.165, 1.54) is 0 Å². The van der Waals surface area contributed by atoms with Crippen LogP contribution in [-0.2, 0) is 14.9 Å². The minimum atomic E-state index is -0.637. The monoisotopic (exact) mass is 347 g/mol. The molecular formula is C19H29N3O3. The number of anilines is 1. The summed E-state index contributed by atoms with van der Waals surface area (Å²) in [5, 5.41) is 0. The first kappa shape index (κ1) is 19.1. The summed E-state index contributed by atoms with van der Waals surface area (Å²) in [6, 6.07) is 7.41. The molecule has 6 heteroatoms. The van der Waals surface area contributed by atoms with Crippen LogP contribution in [-0.4, -0.2) is 53.6 Å². The lowest BCUT2D eigenvalue weighted by Crippen LogP contribution is -2.54. The molecule has 1 heterocycles. The zero-order valence-corrected chi connectivity index (χ0v) is 15.8. The summed E-state index contributed by atoms with van der Waals surface area (Å²) in [5.41, 5.74) is 6.19. The lowest BCUT2D eigenvalue weighted by atomic mass is 9.83. The van der Waals surface area contributed by atoms with Crippen molar-refractivity contribution < 1.29 is 14.3 Å². The van der Waals surface area contributed by atoms with Crippen LogP contribution in [0.4, 0.5) is 10.5 Å². The van der Waals surface area contributed by atoms with E-state index in [1.807, 2.05) is 63.8 Å². The van der Waals surface area contributed by atoms with Crippen LogP contribution in [0.25, 0.3) is 0 Å². The second-order valence-corrected chi connectivity index (χ2v) is 8.01. The highest BCUT2D eigenvalue weighted by molar-refractivity contribution is 5.87. The van der Waals surface area contributed by atoms with Gasteiger partial charge < -0.3 is 20.3 Å². The molecule has 2 amide bonds. The SMILES string of the molecule is CC(C)(C)OC(=O)N1CCN(C(=O)C(C)(C)c2ccc(N)cc2)CC1. The second-order valence-electron chi connectivity index (χ2n) is 8.01. The Balaban J connectivity index is 1.99. The standard InChI is InChI=1S/C19H29N3O3/c1-18(2,3)25-17(24)22-12-10-21(11-13-22)16(23)19(4,5)14-6-8-15(20)9-7-14/h6-9H,10-13,20H2,1-5H3. The third kappa shape index (κ3) is 4.65. The van der Waals surface area contributed by atoms with Crippen LogP contribution in [0.3, 0.4) is 0 Å². The Hall–Kier alpha value is -2.24. The van der Waals surface area contributed by atoms with Gasteiger partial charge in [0.25, 0.3) is 0 Å². The fourth-order valence-electron chi connectivity index (χ4n) is 2.84. The van der Waals surface area contributed by atoms with E-state index in [0.29, 0.717) is 31.9 Å². The van der Waals surface area contributed by atoms with Gasteiger partial charge in [0.15, 0.2) is 0 Å². The van der Waals surface area contributed by atoms with Crippen LogP contribution in [0.2, 0.25) is 0 Å². The Labute approximate surface area is 149 Å². The maximum Gasteiger partial charge on any atom is 0.410 e. The highest BCUT2D eigenvalue weighted by Crippen LogP contribution is 2.27. The predicted molar refractivity (Wildman–Crippen MR) is 98.3 cm³/mol. The molecule has 1 aromatic rings. The summed E-state index contributed by atoms with van der Waals surface area (Å²) in [6.45, 7) is 11.4. The fraction of sp³-hybridized carbons (Fsp3) is 0.579. The molecule has 1 aromatic carbocycles. The van der Waals surface area contributed by atoms with E-state index in [4.69, 9.17) is 10.5 Å². The molecule has 2 N–H and O–H groups in total. The summed E-state index contributed by atoms with van der Waals surface area (Å²) < 4.78 is 5.39. The summed E-state index contributed by atoms with van der Waals surface area (Å²) in [4.78, 5) is 28.6. The van der Waals surface area contributed by atoms with Crippen molar-refractivity contribution in [3.05, 3.63) is 29.8 Å². The third-order valence-electron chi connectivity index (χ3n) is 4.39. The van der Waals surface area contributed by atoms with Crippen molar-refractivity contribution in [2.24, 2.45) is 0 Å². The Morgan fingerprint density at radius 2 is 1.40 bits per heavy atom. The van der Waals surface area contributed by atoms with Gasteiger partial charge in [0.1, 0.15) is 5.60 Å². The van der Waals surface area contributed by atoms with Gasteiger partial charge in [-0.2, -0.15) is 0 Å². The number of benzene rings is 1. The number of hydrogen-bond acceptors (Lipinski definition) is 4. The van der Waals surface area contributed by atoms with Crippen molar-refractivity contribution in [3.8, 4) is 0 Å². The van der Waals surface area contributed by atoms with Crippen molar-refractivity contribution in [2.75, 3.05) is 31.9 Å². The number of piperazine rings is 1. The molecule has 0 bridgehead atoms. The van der Waals surface area contributed by atoms with Crippen LogP contribution in [0.5, 0.6) is 0 Å². The number of nitrogens with zero attached hydrogens (tertiary/aromatic N) is 2. The summed E-state index contributed by atoms with van der Waals surface area (Å²) >= 11 is 0. The van der Waals surface area contributed by atoms with E-state index >= 15 is 0 Å². The Kier molecular flexibility index (Phi) is 5.30. The molecule has 0 radical (unpaired) electrons. The quantitative estimate of drug-likeness (QED) is 0.835. The number of nitrogens with two attached hydrogens (primary N) is 1. The smallest absolute Gasteiger partial charge is 0.410 e. The fourth-order valence-corrected chi connectivity index (χ4v) is 2.84. The number of nitrogen functional groups attached to an aromatic ring is 1. The van der Waals surface area contributed by atoms with E-state index < -0.39 is 11.0 Å². The van der Waals surface area contributed by atoms with Crippen molar-refractivity contribution in [2.45, 2.75) is 45.6 Å². The second kappa shape index (κ2) is 6.94. The molecule has 1 aliphatic heterocycles. The number of carbonyl (C=O) groups excluding carboxylic acids is 2. The molecule has 2 rings (SSSR count). The van der Waals surface area contributed by atoms with E-state index in [2.05, 4.69) is 0 Å². The maximum absolute atomic E-state index is 13.0. The van der Waals surface area contributed by atoms with Crippen LogP contribution in [0, 0.1) is 0 Å². The number of hydrogen-bond donors (Lipinski definition) is 1. The van der Waals surface area contributed by atoms with Crippen LogP contribution >= 0.6 is 0 Å². The van der Waals surface area contributed by atoms with Gasteiger partial charge in [-0.1, -0.05) is 12.1 Å². The maximum atomic E-state index is 13.0. The molecule has 0 aliphatic carbocycles. The summed E-state index contributed by atoms with van der Waals surface area (Å²) in [6.07, 6.45) is -0.322. The molecule has 138 valence electrons. The largest absolute Gasteiger partial charge is 0.444 e. The van der Waals surface area contributed by atoms with Gasteiger partial charge in [-0.05, 0) is 52.3 Å². The van der Waals surface area contributed by atoms with Gasteiger partial charge >= 0.3 is 6.09 Å². The van der Waals surface area contributed by atoms with Crippen molar-refractivity contribution in [1.82, 2.24) is 9.80 Å². The van der Waals surface area contributed by atoms with Gasteiger partial charge in [-0.15, -0.1) is 0 Å². The highest BCUT2D eigenvalue weighted by Gasteiger charge is 2.36. The van der Waals surface area contributed by atoms with Gasteiger partial charge in [0, 0.05) is 31.9 Å². The molecule has 0 aromatic heterocycles.